The van der Waals surface area contributed by atoms with Crippen LogP contribution < -0.4 is 0 Å². The van der Waals surface area contributed by atoms with Crippen molar-refractivity contribution < 1.29 is 37.5 Å². The van der Waals surface area contributed by atoms with E-state index in [1.165, 1.54) is 6.42 Å². The molecule has 0 N–H and O–H groups in total. The first kappa shape index (κ1) is 10.4. The van der Waals surface area contributed by atoms with Gasteiger partial charge in [0, 0.05) is 32.7 Å². The Morgan fingerprint density at radius 2 is 2.20 bits per heavy atom. The second-order valence-electron chi connectivity index (χ2n) is 2.27. The van der Waals surface area contributed by atoms with E-state index in [4.69, 9.17) is 0 Å². The second-order valence-corrected chi connectivity index (χ2v) is 2.27. The minimum atomic E-state index is -0.0744. The largest absolute Gasteiger partial charge is 0.518 e. The predicted octanol–water partition coefficient (Wildman–Crippen LogP) is 0.992. The van der Waals surface area contributed by atoms with Crippen LogP contribution in [0.1, 0.15) is 19.3 Å². The van der Waals surface area contributed by atoms with Gasteiger partial charge in [-0.15, -0.1) is 0 Å². The summed E-state index contributed by atoms with van der Waals surface area (Å²) >= 11 is 0. The second kappa shape index (κ2) is 5.14. The van der Waals surface area contributed by atoms with E-state index in [2.05, 4.69) is 6.92 Å². The van der Waals surface area contributed by atoms with Gasteiger partial charge in [0.1, 0.15) is 0 Å². The van der Waals surface area contributed by atoms with E-state index in [-0.39, 0.29) is 38.6 Å². The van der Waals surface area contributed by atoms with Crippen LogP contribution in [0.3, 0.4) is 0 Å². The van der Waals surface area contributed by atoms with Gasteiger partial charge in [0.05, 0.1) is 5.91 Å². The summed E-state index contributed by atoms with van der Waals surface area (Å²) in [6.45, 7) is 6.11. The van der Waals surface area contributed by atoms with Crippen molar-refractivity contribution in [1.29, 1.82) is 0 Å². The zero-order valence-electron chi connectivity index (χ0n) is 6.05. The fourth-order valence-electron chi connectivity index (χ4n) is 0.991. The number of piperidine rings is 1. The maximum atomic E-state index is 10.6. The van der Waals surface area contributed by atoms with Crippen LogP contribution in [0.15, 0.2) is 0 Å². The Kier molecular flexibility index (Phi) is 5.37. The number of nitrogens with zero attached hydrogens (tertiary/aromatic N) is 1. The van der Waals surface area contributed by atoms with Gasteiger partial charge in [-0.2, -0.15) is 6.42 Å². The Bertz CT molecular complexity index is 110. The third-order valence-electron chi connectivity index (χ3n) is 1.52. The first-order valence-corrected chi connectivity index (χ1v) is 3.26. The fraction of sp³-hybridized carbons (Fsp3) is 0.571. The summed E-state index contributed by atoms with van der Waals surface area (Å²) < 4.78 is 0. The molecule has 1 saturated heterocycles. The van der Waals surface area contributed by atoms with Crippen LogP contribution in [-0.2, 0) is 37.5 Å². The molecule has 1 radical (unpaired) electrons. The smallest absolute Gasteiger partial charge is 0.0528 e. The Labute approximate surface area is 87.2 Å². The molecule has 0 aromatic heterocycles. The summed E-state index contributed by atoms with van der Waals surface area (Å²) in [7, 11) is 0. The average Bonchev–Trinajstić information content (AvgIpc) is 1.90. The van der Waals surface area contributed by atoms with Crippen molar-refractivity contribution in [3.63, 3.8) is 0 Å². The van der Waals surface area contributed by atoms with E-state index in [1.54, 1.807) is 4.90 Å². The summed E-state index contributed by atoms with van der Waals surface area (Å²) in [4.78, 5) is 12.3. The van der Waals surface area contributed by atoms with Crippen LogP contribution in [0.2, 0.25) is 0 Å². The van der Waals surface area contributed by atoms with E-state index in [0.29, 0.717) is 0 Å². The van der Waals surface area contributed by atoms with E-state index in [9.17, 15) is 4.79 Å². The molecule has 0 aromatic rings. The molecule has 1 aliphatic heterocycles. The maximum Gasteiger partial charge on any atom is 0.0528 e. The predicted molar refractivity (Wildman–Crippen MR) is 35.2 cm³/mol. The number of carbonyl (C=O) groups is 1. The molecule has 1 aliphatic rings. The van der Waals surface area contributed by atoms with Crippen LogP contribution in [0.4, 0.5) is 0 Å². The average molecular weight is 214 g/mol. The molecule has 55 valence electrons. The molecule has 0 unspecified atom stereocenters. The molecule has 0 aromatic carbocycles. The van der Waals surface area contributed by atoms with Gasteiger partial charge < -0.3 is 16.6 Å². The van der Waals surface area contributed by atoms with Crippen LogP contribution in [0, 0.1) is 13.5 Å². The number of rotatable bonds is 0. The Morgan fingerprint density at radius 1 is 1.50 bits per heavy atom. The number of carbonyl (C=O) groups excluding carboxylic acids is 1. The third-order valence-corrected chi connectivity index (χ3v) is 1.52. The summed E-state index contributed by atoms with van der Waals surface area (Å²) in [5.41, 5.74) is 0. The standard InChI is InChI=1S/C7H11NO.Y/c1-7(9)8-5-3-2-4-6-8;/h5H,1-4,6H2;/q-2;. The number of likely N-dealkylation sites (tertiary alicyclic amines) is 1. The van der Waals surface area contributed by atoms with Crippen molar-refractivity contribution in [2.24, 2.45) is 0 Å². The molecular formula is C7H11NOY-2. The van der Waals surface area contributed by atoms with Gasteiger partial charge in [-0.1, -0.05) is 6.42 Å². The minimum absolute atomic E-state index is 0. The zero-order chi connectivity index (χ0) is 6.69. The first-order valence-electron chi connectivity index (χ1n) is 3.26. The topological polar surface area (TPSA) is 20.3 Å². The van der Waals surface area contributed by atoms with Gasteiger partial charge in [-0.25, -0.2) is 6.54 Å². The molecule has 0 aliphatic carbocycles. The summed E-state index contributed by atoms with van der Waals surface area (Å²) in [5, 5.41) is 0. The van der Waals surface area contributed by atoms with Gasteiger partial charge in [0.2, 0.25) is 0 Å². The number of hydrogen-bond donors (Lipinski definition) is 0. The third kappa shape index (κ3) is 3.02. The molecule has 0 spiro atoms. The van der Waals surface area contributed by atoms with Gasteiger partial charge >= 0.3 is 0 Å². The summed E-state index contributed by atoms with van der Waals surface area (Å²) in [5.74, 6) is -0.0744. The molecule has 0 bridgehead atoms. The monoisotopic (exact) mass is 214 g/mol. The van der Waals surface area contributed by atoms with Crippen molar-refractivity contribution in [3.8, 4) is 0 Å². The summed E-state index contributed by atoms with van der Waals surface area (Å²) in [6, 6.07) is 0. The molecule has 10 heavy (non-hydrogen) atoms. The van der Waals surface area contributed by atoms with Crippen molar-refractivity contribution in [2.75, 3.05) is 6.54 Å². The van der Waals surface area contributed by atoms with Crippen molar-refractivity contribution in [1.82, 2.24) is 4.90 Å². The summed E-state index contributed by atoms with van der Waals surface area (Å²) in [6.07, 6.45) is 3.36. The maximum absolute atomic E-state index is 10.6. The Balaban J connectivity index is 0.000000810. The SMILES string of the molecule is [CH2-]C(=O)N1[CH-]CCCC1.[Y]. The number of hydrogen-bond acceptors (Lipinski definition) is 1. The van der Waals surface area contributed by atoms with E-state index in [0.717, 1.165) is 19.4 Å². The number of amides is 1. The van der Waals surface area contributed by atoms with E-state index >= 15 is 0 Å². The van der Waals surface area contributed by atoms with Gasteiger partial charge in [-0.05, 0) is 13.0 Å². The normalized spacial score (nSPS) is 17.8. The van der Waals surface area contributed by atoms with Crippen LogP contribution >= 0.6 is 0 Å². The van der Waals surface area contributed by atoms with Crippen molar-refractivity contribution >= 4 is 5.91 Å². The molecule has 0 atom stereocenters. The van der Waals surface area contributed by atoms with Crippen molar-refractivity contribution in [2.45, 2.75) is 19.3 Å². The van der Waals surface area contributed by atoms with Crippen LogP contribution in [0.5, 0.6) is 0 Å². The molecule has 3 heteroatoms. The van der Waals surface area contributed by atoms with Crippen LogP contribution in [0.25, 0.3) is 0 Å². The Morgan fingerprint density at radius 3 is 2.50 bits per heavy atom. The zero-order valence-corrected chi connectivity index (χ0v) is 8.88. The van der Waals surface area contributed by atoms with E-state index in [1.807, 2.05) is 6.54 Å². The fourth-order valence-corrected chi connectivity index (χ4v) is 0.991. The molecule has 1 fully saturated rings. The minimum Gasteiger partial charge on any atom is -0.518 e. The molecule has 0 saturated carbocycles. The van der Waals surface area contributed by atoms with Crippen molar-refractivity contribution in [3.05, 3.63) is 13.5 Å². The van der Waals surface area contributed by atoms with Gasteiger partial charge in [-0.3, -0.25) is 0 Å². The molecule has 1 amide bonds. The van der Waals surface area contributed by atoms with E-state index < -0.39 is 0 Å². The molecular weight excluding hydrogens is 203 g/mol. The van der Waals surface area contributed by atoms with Crippen LogP contribution in [-0.4, -0.2) is 17.4 Å². The molecule has 1 rings (SSSR count). The Hall–Kier alpha value is 0.444. The van der Waals surface area contributed by atoms with Gasteiger partial charge in [0.15, 0.2) is 0 Å². The van der Waals surface area contributed by atoms with Gasteiger partial charge in [0.25, 0.3) is 0 Å². The molecule has 2 nitrogen and oxygen atoms in total. The first-order chi connectivity index (χ1) is 4.30. The molecule has 1 heterocycles. The quantitative estimate of drug-likeness (QED) is 0.550.